The average Bonchev–Trinajstić information content (AvgIpc) is 2.34. The summed E-state index contributed by atoms with van der Waals surface area (Å²) in [6.07, 6.45) is -1.12. The monoisotopic (exact) mass is 273 g/mol. The minimum Gasteiger partial charge on any atom is -0.406 e. The first-order valence-electron chi connectivity index (χ1n) is 6.16. The second kappa shape index (κ2) is 7.19. The van der Waals surface area contributed by atoms with Gasteiger partial charge in [0.25, 0.3) is 0 Å². The van der Waals surface area contributed by atoms with Crippen LogP contribution in [0.2, 0.25) is 0 Å². The highest BCUT2D eigenvalue weighted by Crippen LogP contribution is 2.25. The molecule has 1 unspecified atom stereocenters. The molecule has 1 rings (SSSR count). The molecule has 106 valence electrons. The van der Waals surface area contributed by atoms with E-state index in [0.29, 0.717) is 0 Å². The Hall–Kier alpha value is -1.49. The molecule has 0 spiro atoms. The van der Waals surface area contributed by atoms with Crippen LogP contribution in [0.1, 0.15) is 31.4 Å². The van der Waals surface area contributed by atoms with Gasteiger partial charge in [-0.2, -0.15) is 0 Å². The van der Waals surface area contributed by atoms with Crippen LogP contribution in [0.3, 0.4) is 0 Å². The smallest absolute Gasteiger partial charge is 0.406 e. The first-order chi connectivity index (χ1) is 8.96. The fraction of sp³-hybridized carbons (Fsp3) is 0.429. The van der Waals surface area contributed by atoms with Crippen LogP contribution in [0, 0.1) is 0 Å². The fourth-order valence-corrected chi connectivity index (χ4v) is 1.82. The lowest BCUT2D eigenvalue weighted by molar-refractivity contribution is -0.274. The molecule has 0 radical (unpaired) electrons. The van der Waals surface area contributed by atoms with E-state index < -0.39 is 6.36 Å². The van der Waals surface area contributed by atoms with Crippen molar-refractivity contribution in [2.75, 3.05) is 6.54 Å². The van der Waals surface area contributed by atoms with Gasteiger partial charge < -0.3 is 10.1 Å². The Morgan fingerprint density at radius 1 is 1.32 bits per heavy atom. The van der Waals surface area contributed by atoms with Gasteiger partial charge in [-0.25, -0.2) is 0 Å². The quantitative estimate of drug-likeness (QED) is 0.752. The molecule has 2 nitrogen and oxygen atoms in total. The van der Waals surface area contributed by atoms with E-state index in [9.17, 15) is 13.2 Å². The highest BCUT2D eigenvalue weighted by atomic mass is 19.4. The molecule has 0 bridgehead atoms. The summed E-state index contributed by atoms with van der Waals surface area (Å²) in [5.74, 6) is -0.199. The summed E-state index contributed by atoms with van der Waals surface area (Å²) < 4.78 is 40.0. The van der Waals surface area contributed by atoms with Crippen LogP contribution in [0.4, 0.5) is 13.2 Å². The van der Waals surface area contributed by atoms with Crippen molar-refractivity contribution in [3.8, 4) is 5.75 Å². The molecule has 0 heterocycles. The lowest BCUT2D eigenvalue weighted by Gasteiger charge is -2.18. The molecule has 5 heteroatoms. The van der Waals surface area contributed by atoms with Crippen LogP contribution in [0.25, 0.3) is 0 Å². The maximum Gasteiger partial charge on any atom is 0.573 e. The van der Waals surface area contributed by atoms with Gasteiger partial charge in [0.1, 0.15) is 5.75 Å². The Labute approximate surface area is 111 Å². The second-order valence-electron chi connectivity index (χ2n) is 4.09. The molecule has 1 N–H and O–H groups in total. The zero-order chi connectivity index (χ0) is 14.3. The van der Waals surface area contributed by atoms with Crippen molar-refractivity contribution < 1.29 is 17.9 Å². The molecule has 1 aromatic rings. The van der Waals surface area contributed by atoms with E-state index in [1.165, 1.54) is 12.1 Å². The normalized spacial score (nSPS) is 13.1. The average molecular weight is 273 g/mol. The Morgan fingerprint density at radius 3 is 2.42 bits per heavy atom. The lowest BCUT2D eigenvalue weighted by Crippen LogP contribution is -2.21. The fourth-order valence-electron chi connectivity index (χ4n) is 1.82. The predicted molar refractivity (Wildman–Crippen MR) is 69.0 cm³/mol. The zero-order valence-corrected chi connectivity index (χ0v) is 10.8. The minimum atomic E-state index is -4.65. The Bertz CT molecular complexity index is 387. The number of rotatable bonds is 7. The number of nitrogens with one attached hydrogen (secondary N) is 1. The molecule has 19 heavy (non-hydrogen) atoms. The molecular formula is C14H18F3NO. The van der Waals surface area contributed by atoms with Crippen molar-refractivity contribution >= 4 is 0 Å². The summed E-state index contributed by atoms with van der Waals surface area (Å²) in [5.41, 5.74) is 0.943. The van der Waals surface area contributed by atoms with E-state index in [1.54, 1.807) is 12.1 Å². The highest BCUT2D eigenvalue weighted by Gasteiger charge is 2.31. The van der Waals surface area contributed by atoms with Gasteiger partial charge in [-0.1, -0.05) is 25.1 Å². The van der Waals surface area contributed by atoms with Crippen molar-refractivity contribution in [1.29, 1.82) is 0 Å². The first-order valence-corrected chi connectivity index (χ1v) is 6.16. The van der Waals surface area contributed by atoms with Crippen LogP contribution >= 0.6 is 0 Å². The molecule has 0 saturated heterocycles. The summed E-state index contributed by atoms with van der Waals surface area (Å²) in [6.45, 7) is 6.45. The molecule has 0 saturated carbocycles. The zero-order valence-electron chi connectivity index (χ0n) is 10.8. The molecule has 0 aliphatic rings. The number of ether oxygens (including phenoxy) is 1. The maximum atomic E-state index is 12.0. The standard InChI is InChI=1S/C14H18F3NO/c1-3-5-6-13(18-4-2)11-7-9-12(10-8-11)19-14(15,16)17/h3,7-10,13,18H,1,4-6H2,2H3. The number of hydrogen-bond donors (Lipinski definition) is 1. The van der Waals surface area contributed by atoms with Crippen LogP contribution in [-0.2, 0) is 0 Å². The third kappa shape index (κ3) is 5.79. The summed E-state index contributed by atoms with van der Waals surface area (Å²) in [7, 11) is 0. The van der Waals surface area contributed by atoms with Crippen molar-refractivity contribution in [1.82, 2.24) is 5.32 Å². The van der Waals surface area contributed by atoms with E-state index in [0.717, 1.165) is 24.9 Å². The Morgan fingerprint density at radius 2 is 1.95 bits per heavy atom. The molecule has 0 amide bonds. The van der Waals surface area contributed by atoms with E-state index in [1.807, 2.05) is 13.0 Å². The molecule has 0 aliphatic carbocycles. The number of benzene rings is 1. The molecular weight excluding hydrogens is 255 g/mol. The van der Waals surface area contributed by atoms with Crippen LogP contribution < -0.4 is 10.1 Å². The van der Waals surface area contributed by atoms with E-state index in [-0.39, 0.29) is 11.8 Å². The van der Waals surface area contributed by atoms with Gasteiger partial charge >= 0.3 is 6.36 Å². The van der Waals surface area contributed by atoms with E-state index in [4.69, 9.17) is 0 Å². The Balaban J connectivity index is 2.73. The minimum absolute atomic E-state index is 0.114. The topological polar surface area (TPSA) is 21.3 Å². The lowest BCUT2D eigenvalue weighted by atomic mass is 10.0. The third-order valence-electron chi connectivity index (χ3n) is 2.63. The summed E-state index contributed by atoms with van der Waals surface area (Å²) in [4.78, 5) is 0. The van der Waals surface area contributed by atoms with Crippen molar-refractivity contribution in [2.24, 2.45) is 0 Å². The van der Waals surface area contributed by atoms with Crippen LogP contribution in [0.5, 0.6) is 5.75 Å². The van der Waals surface area contributed by atoms with Crippen molar-refractivity contribution in [3.63, 3.8) is 0 Å². The van der Waals surface area contributed by atoms with Crippen molar-refractivity contribution in [3.05, 3.63) is 42.5 Å². The largest absolute Gasteiger partial charge is 0.573 e. The van der Waals surface area contributed by atoms with E-state index >= 15 is 0 Å². The van der Waals surface area contributed by atoms with Gasteiger partial charge in [-0.05, 0) is 37.1 Å². The number of halogens is 3. The number of hydrogen-bond acceptors (Lipinski definition) is 2. The molecule has 0 aromatic heterocycles. The molecule has 0 fully saturated rings. The van der Waals surface area contributed by atoms with Gasteiger partial charge in [0.15, 0.2) is 0 Å². The van der Waals surface area contributed by atoms with Gasteiger partial charge in [0, 0.05) is 6.04 Å². The van der Waals surface area contributed by atoms with Crippen LogP contribution in [-0.4, -0.2) is 12.9 Å². The van der Waals surface area contributed by atoms with Gasteiger partial charge in [0.2, 0.25) is 0 Å². The van der Waals surface area contributed by atoms with Gasteiger partial charge in [-0.15, -0.1) is 19.8 Å². The summed E-state index contributed by atoms with van der Waals surface area (Å²) in [6, 6.07) is 6.08. The van der Waals surface area contributed by atoms with Crippen LogP contribution in [0.15, 0.2) is 36.9 Å². The van der Waals surface area contributed by atoms with Gasteiger partial charge in [-0.3, -0.25) is 0 Å². The summed E-state index contributed by atoms with van der Waals surface area (Å²) in [5, 5.41) is 3.29. The molecule has 0 aliphatic heterocycles. The highest BCUT2D eigenvalue weighted by molar-refractivity contribution is 5.29. The second-order valence-corrected chi connectivity index (χ2v) is 4.09. The molecule has 1 aromatic carbocycles. The number of allylic oxidation sites excluding steroid dienone is 1. The Kier molecular flexibility index (Phi) is 5.89. The third-order valence-corrected chi connectivity index (χ3v) is 2.63. The summed E-state index contributed by atoms with van der Waals surface area (Å²) >= 11 is 0. The van der Waals surface area contributed by atoms with E-state index in [2.05, 4.69) is 16.6 Å². The maximum absolute atomic E-state index is 12.0. The van der Waals surface area contributed by atoms with Gasteiger partial charge in [0.05, 0.1) is 0 Å². The predicted octanol–water partition coefficient (Wildman–Crippen LogP) is 4.20. The SMILES string of the molecule is C=CCCC(NCC)c1ccc(OC(F)(F)F)cc1. The molecule has 1 atom stereocenters. The number of alkyl halides is 3. The van der Waals surface area contributed by atoms with Crippen molar-refractivity contribution in [2.45, 2.75) is 32.2 Å². The first kappa shape index (κ1) is 15.6.